The minimum absolute atomic E-state index is 0.0188. The van der Waals surface area contributed by atoms with Crippen molar-refractivity contribution in [3.05, 3.63) is 12.7 Å². The van der Waals surface area contributed by atoms with E-state index in [1.165, 1.54) is 0 Å². The third-order valence-corrected chi connectivity index (χ3v) is 2.26. The fourth-order valence-corrected chi connectivity index (χ4v) is 1.31. The first kappa shape index (κ1) is 13.7. The molecule has 0 heterocycles. The molecule has 1 unspecified atom stereocenters. The molecule has 0 rings (SSSR count). The van der Waals surface area contributed by atoms with Gasteiger partial charge in [-0.15, -0.1) is 6.58 Å². The van der Waals surface area contributed by atoms with E-state index in [1.807, 2.05) is 18.7 Å². The molecule has 0 aliphatic rings. The zero-order chi connectivity index (χ0) is 11.7. The Bertz CT molecular complexity index is 245. The zero-order valence-corrected chi connectivity index (χ0v) is 9.49. The van der Waals surface area contributed by atoms with Crippen LogP contribution in [0.4, 0.5) is 0 Å². The lowest BCUT2D eigenvalue weighted by atomic mass is 10.2. The molecule has 1 amide bonds. The molecule has 0 spiro atoms. The summed E-state index contributed by atoms with van der Waals surface area (Å²) in [5.41, 5.74) is 0. The highest BCUT2D eigenvalue weighted by Crippen LogP contribution is 2.00. The molecule has 4 nitrogen and oxygen atoms in total. The summed E-state index contributed by atoms with van der Waals surface area (Å²) in [5.74, 6) is -0.0188. The third-order valence-electron chi connectivity index (χ3n) is 2.26. The van der Waals surface area contributed by atoms with E-state index >= 15 is 0 Å². The van der Waals surface area contributed by atoms with Gasteiger partial charge in [0, 0.05) is 19.5 Å². The molecule has 1 N–H and O–H groups in total. The summed E-state index contributed by atoms with van der Waals surface area (Å²) < 4.78 is 0. The molecule has 0 aliphatic heterocycles. The predicted octanol–water partition coefficient (Wildman–Crippen LogP) is 0.913. The SMILES string of the molecule is C=CCNC(=O)C(C)N(CC)CCC#N. The Kier molecular flexibility index (Phi) is 7.29. The highest BCUT2D eigenvalue weighted by Gasteiger charge is 2.18. The van der Waals surface area contributed by atoms with Gasteiger partial charge in [-0.05, 0) is 13.5 Å². The number of carbonyl (C=O) groups is 1. The maximum Gasteiger partial charge on any atom is 0.237 e. The maximum absolute atomic E-state index is 11.6. The standard InChI is InChI=1S/C11H19N3O/c1-4-8-13-11(15)10(3)14(5-2)9-6-7-12/h4,10H,1,5-6,8-9H2,2-3H3,(H,13,15). The first-order chi connectivity index (χ1) is 7.17. The van der Waals surface area contributed by atoms with Crippen molar-refractivity contribution in [1.82, 2.24) is 10.2 Å². The molecule has 0 aromatic heterocycles. The average molecular weight is 209 g/mol. The van der Waals surface area contributed by atoms with Gasteiger partial charge in [-0.25, -0.2) is 0 Å². The van der Waals surface area contributed by atoms with E-state index in [4.69, 9.17) is 5.26 Å². The quantitative estimate of drug-likeness (QED) is 0.634. The number of amides is 1. The van der Waals surface area contributed by atoms with Gasteiger partial charge < -0.3 is 5.32 Å². The van der Waals surface area contributed by atoms with E-state index in [0.29, 0.717) is 19.5 Å². The summed E-state index contributed by atoms with van der Waals surface area (Å²) in [6.07, 6.45) is 2.10. The number of hydrogen-bond donors (Lipinski definition) is 1. The van der Waals surface area contributed by atoms with Crippen molar-refractivity contribution in [2.24, 2.45) is 0 Å². The van der Waals surface area contributed by atoms with E-state index in [2.05, 4.69) is 18.0 Å². The smallest absolute Gasteiger partial charge is 0.237 e. The van der Waals surface area contributed by atoms with Crippen LogP contribution >= 0.6 is 0 Å². The Morgan fingerprint density at radius 1 is 1.73 bits per heavy atom. The molecule has 0 aromatic rings. The van der Waals surface area contributed by atoms with Gasteiger partial charge in [-0.3, -0.25) is 9.69 Å². The van der Waals surface area contributed by atoms with Gasteiger partial charge in [0.05, 0.1) is 12.1 Å². The lowest BCUT2D eigenvalue weighted by Crippen LogP contribution is -2.45. The van der Waals surface area contributed by atoms with Gasteiger partial charge in [0.1, 0.15) is 0 Å². The van der Waals surface area contributed by atoms with Gasteiger partial charge >= 0.3 is 0 Å². The molecule has 0 bridgehead atoms. The van der Waals surface area contributed by atoms with Crippen LogP contribution in [-0.2, 0) is 4.79 Å². The Labute approximate surface area is 91.6 Å². The van der Waals surface area contributed by atoms with Crippen molar-refractivity contribution in [1.29, 1.82) is 5.26 Å². The number of rotatable bonds is 7. The molecular weight excluding hydrogens is 190 g/mol. The third kappa shape index (κ3) is 5.18. The van der Waals surface area contributed by atoms with Gasteiger partial charge in [0.2, 0.25) is 5.91 Å². The van der Waals surface area contributed by atoms with E-state index in [9.17, 15) is 4.79 Å². The summed E-state index contributed by atoms with van der Waals surface area (Å²) in [7, 11) is 0. The highest BCUT2D eigenvalue weighted by molar-refractivity contribution is 5.81. The maximum atomic E-state index is 11.6. The van der Waals surface area contributed by atoms with E-state index in [0.717, 1.165) is 6.54 Å². The van der Waals surface area contributed by atoms with E-state index in [-0.39, 0.29) is 11.9 Å². The minimum Gasteiger partial charge on any atom is -0.351 e. The largest absolute Gasteiger partial charge is 0.351 e. The van der Waals surface area contributed by atoms with Gasteiger partial charge in [0.15, 0.2) is 0 Å². The Morgan fingerprint density at radius 3 is 2.87 bits per heavy atom. The number of nitrogens with one attached hydrogen (secondary N) is 1. The van der Waals surface area contributed by atoms with Crippen LogP contribution in [0.2, 0.25) is 0 Å². The molecule has 0 fully saturated rings. The number of likely N-dealkylation sites (N-methyl/N-ethyl adjacent to an activating group) is 1. The molecule has 4 heteroatoms. The van der Waals surface area contributed by atoms with E-state index in [1.54, 1.807) is 6.08 Å². The molecule has 1 atom stereocenters. The van der Waals surface area contributed by atoms with Gasteiger partial charge in [0.25, 0.3) is 0 Å². The predicted molar refractivity (Wildman–Crippen MR) is 60.1 cm³/mol. The number of carbonyl (C=O) groups excluding carboxylic acids is 1. The lowest BCUT2D eigenvalue weighted by Gasteiger charge is -2.25. The van der Waals surface area contributed by atoms with Gasteiger partial charge in [-0.1, -0.05) is 13.0 Å². The molecule has 0 saturated heterocycles. The summed E-state index contributed by atoms with van der Waals surface area (Å²) in [6.45, 7) is 9.25. The normalized spacial score (nSPS) is 11.9. The Balaban J connectivity index is 4.12. The molecule has 0 radical (unpaired) electrons. The molecule has 15 heavy (non-hydrogen) atoms. The van der Waals surface area contributed by atoms with Crippen LogP contribution in [0.3, 0.4) is 0 Å². The molecular formula is C11H19N3O. The van der Waals surface area contributed by atoms with Crippen molar-refractivity contribution < 1.29 is 4.79 Å². The summed E-state index contributed by atoms with van der Waals surface area (Å²) in [5, 5.41) is 11.2. The van der Waals surface area contributed by atoms with Crippen molar-refractivity contribution >= 4 is 5.91 Å². The van der Waals surface area contributed by atoms with Crippen LogP contribution in [0.5, 0.6) is 0 Å². The monoisotopic (exact) mass is 209 g/mol. The van der Waals surface area contributed by atoms with Crippen LogP contribution in [0.1, 0.15) is 20.3 Å². The van der Waals surface area contributed by atoms with Crippen LogP contribution < -0.4 is 5.32 Å². The Hall–Kier alpha value is -1.34. The first-order valence-corrected chi connectivity index (χ1v) is 5.17. The second kappa shape index (κ2) is 8.01. The molecule has 0 saturated carbocycles. The Morgan fingerprint density at radius 2 is 2.40 bits per heavy atom. The first-order valence-electron chi connectivity index (χ1n) is 5.17. The lowest BCUT2D eigenvalue weighted by molar-refractivity contribution is -0.125. The number of nitriles is 1. The minimum atomic E-state index is -0.191. The van der Waals surface area contributed by atoms with Crippen LogP contribution in [0.25, 0.3) is 0 Å². The summed E-state index contributed by atoms with van der Waals surface area (Å²) >= 11 is 0. The van der Waals surface area contributed by atoms with Crippen LogP contribution in [0.15, 0.2) is 12.7 Å². The fourth-order valence-electron chi connectivity index (χ4n) is 1.31. The van der Waals surface area contributed by atoms with Crippen molar-refractivity contribution in [3.63, 3.8) is 0 Å². The van der Waals surface area contributed by atoms with E-state index < -0.39 is 0 Å². The van der Waals surface area contributed by atoms with Crippen molar-refractivity contribution in [2.75, 3.05) is 19.6 Å². The zero-order valence-electron chi connectivity index (χ0n) is 9.49. The fraction of sp³-hybridized carbons (Fsp3) is 0.636. The van der Waals surface area contributed by atoms with Crippen LogP contribution in [0, 0.1) is 11.3 Å². The van der Waals surface area contributed by atoms with Crippen molar-refractivity contribution in [2.45, 2.75) is 26.3 Å². The molecule has 84 valence electrons. The highest BCUT2D eigenvalue weighted by atomic mass is 16.2. The molecule has 0 aromatic carbocycles. The summed E-state index contributed by atoms with van der Waals surface area (Å²) in [6, 6.07) is 1.89. The average Bonchev–Trinajstić information content (AvgIpc) is 2.26. The second-order valence-electron chi connectivity index (χ2n) is 3.25. The topological polar surface area (TPSA) is 56.1 Å². The number of nitrogens with zero attached hydrogens (tertiary/aromatic N) is 2. The van der Waals surface area contributed by atoms with Crippen molar-refractivity contribution in [3.8, 4) is 6.07 Å². The summed E-state index contributed by atoms with van der Waals surface area (Å²) in [4.78, 5) is 13.6. The number of hydrogen-bond acceptors (Lipinski definition) is 3. The second-order valence-corrected chi connectivity index (χ2v) is 3.25. The van der Waals surface area contributed by atoms with Crippen LogP contribution in [-0.4, -0.2) is 36.5 Å². The van der Waals surface area contributed by atoms with Gasteiger partial charge in [-0.2, -0.15) is 5.26 Å². The molecule has 0 aliphatic carbocycles.